The van der Waals surface area contributed by atoms with Crippen molar-refractivity contribution in [2.45, 2.75) is 58.5 Å². The number of ether oxygens (including phenoxy) is 1. The third kappa shape index (κ3) is 10.3. The fraction of sp³-hybridized carbons (Fsp3) is 0.556. The molecule has 0 aliphatic carbocycles. The van der Waals surface area contributed by atoms with Crippen molar-refractivity contribution < 1.29 is 9.53 Å². The minimum atomic E-state index is -0.394. The van der Waals surface area contributed by atoms with E-state index >= 15 is 0 Å². The van der Waals surface area contributed by atoms with Gasteiger partial charge in [0, 0.05) is 18.7 Å². The van der Waals surface area contributed by atoms with Gasteiger partial charge < -0.3 is 15.8 Å². The van der Waals surface area contributed by atoms with Crippen molar-refractivity contribution in [1.29, 1.82) is 0 Å². The highest BCUT2D eigenvalue weighted by atomic mass is 16.6. The van der Waals surface area contributed by atoms with Crippen LogP contribution in [0.5, 0.6) is 0 Å². The largest absolute Gasteiger partial charge is 0.460 e. The molecule has 0 bridgehead atoms. The van der Waals surface area contributed by atoms with Crippen molar-refractivity contribution in [3.8, 4) is 0 Å². The highest BCUT2D eigenvalue weighted by Gasteiger charge is 2.15. The van der Waals surface area contributed by atoms with Crippen LogP contribution >= 0.6 is 0 Å². The minimum Gasteiger partial charge on any atom is -0.460 e. The number of unbranched alkanes of at least 4 members (excludes halogenated alkanes) is 3. The van der Waals surface area contributed by atoms with Crippen molar-refractivity contribution in [1.82, 2.24) is 0 Å². The molecule has 0 aliphatic heterocycles. The predicted molar refractivity (Wildman–Crippen MR) is 95.5 cm³/mol. The maximum atomic E-state index is 11.5. The Balaban J connectivity index is 2.06. The third-order valence-electron chi connectivity index (χ3n) is 3.04. The summed E-state index contributed by atoms with van der Waals surface area (Å²) in [6.07, 6.45) is 4.34. The zero-order valence-electron chi connectivity index (χ0n) is 14.5. The average Bonchev–Trinajstić information content (AvgIpc) is 2.45. The number of hydrogen-bond acceptors (Lipinski definition) is 3. The Morgan fingerprint density at radius 1 is 1.13 bits per heavy atom. The highest BCUT2D eigenvalue weighted by Crippen LogP contribution is 2.11. The Bertz CT molecular complexity index is 493. The minimum absolute atomic E-state index is 0.119. The third-order valence-corrected chi connectivity index (χ3v) is 3.04. The summed E-state index contributed by atoms with van der Waals surface area (Å²) < 4.78 is 5.27. The van der Waals surface area contributed by atoms with Gasteiger partial charge in [-0.3, -0.25) is 9.79 Å². The van der Waals surface area contributed by atoms with E-state index < -0.39 is 5.60 Å². The number of anilines is 1. The van der Waals surface area contributed by atoms with E-state index in [1.807, 2.05) is 51.1 Å². The van der Waals surface area contributed by atoms with Gasteiger partial charge in [0.1, 0.15) is 5.60 Å². The molecule has 1 aromatic rings. The molecule has 1 aromatic carbocycles. The second-order valence-electron chi connectivity index (χ2n) is 6.51. The molecule has 0 saturated heterocycles. The molecule has 0 radical (unpaired) electrons. The highest BCUT2D eigenvalue weighted by molar-refractivity contribution is 5.92. The van der Waals surface area contributed by atoms with Crippen LogP contribution in [0.1, 0.15) is 52.9 Å². The Morgan fingerprint density at radius 2 is 1.78 bits per heavy atom. The molecule has 0 unspecified atom stereocenters. The molecule has 0 heterocycles. The number of guanidine groups is 1. The van der Waals surface area contributed by atoms with Gasteiger partial charge in [-0.2, -0.15) is 0 Å². The number of aliphatic imine (C=N–C) groups is 1. The molecule has 5 nitrogen and oxygen atoms in total. The molecule has 23 heavy (non-hydrogen) atoms. The fourth-order valence-electron chi connectivity index (χ4n) is 2.04. The molecule has 128 valence electrons. The molecule has 0 amide bonds. The average molecular weight is 319 g/mol. The van der Waals surface area contributed by atoms with E-state index in [-0.39, 0.29) is 5.97 Å². The Hall–Kier alpha value is -2.04. The van der Waals surface area contributed by atoms with Crippen molar-refractivity contribution in [2.24, 2.45) is 10.7 Å². The van der Waals surface area contributed by atoms with Crippen LogP contribution < -0.4 is 11.1 Å². The second-order valence-corrected chi connectivity index (χ2v) is 6.51. The SMILES string of the molecule is CC(C)(C)OC(=O)CCCCCCN=C(N)Nc1ccccc1. The monoisotopic (exact) mass is 319 g/mol. The van der Waals surface area contributed by atoms with Crippen LogP contribution in [0.2, 0.25) is 0 Å². The number of rotatable bonds is 8. The lowest BCUT2D eigenvalue weighted by molar-refractivity contribution is -0.154. The summed E-state index contributed by atoms with van der Waals surface area (Å²) >= 11 is 0. The zero-order chi connectivity index (χ0) is 17.1. The summed E-state index contributed by atoms with van der Waals surface area (Å²) in [6.45, 7) is 6.35. The van der Waals surface area contributed by atoms with Crippen LogP contribution in [0.25, 0.3) is 0 Å². The molecule has 0 aromatic heterocycles. The van der Waals surface area contributed by atoms with Crippen LogP contribution in [-0.2, 0) is 9.53 Å². The summed E-state index contributed by atoms with van der Waals surface area (Å²) in [5.41, 5.74) is 6.37. The van der Waals surface area contributed by atoms with E-state index in [1.54, 1.807) is 0 Å². The van der Waals surface area contributed by atoms with E-state index in [1.165, 1.54) is 0 Å². The molecule has 0 saturated carbocycles. The van der Waals surface area contributed by atoms with Crippen molar-refractivity contribution in [3.63, 3.8) is 0 Å². The van der Waals surface area contributed by atoms with Gasteiger partial charge in [0.05, 0.1) is 0 Å². The van der Waals surface area contributed by atoms with Crippen LogP contribution in [0.4, 0.5) is 5.69 Å². The number of benzene rings is 1. The normalized spacial score (nSPS) is 12.0. The number of carbonyl (C=O) groups excluding carboxylic acids is 1. The van der Waals surface area contributed by atoms with Crippen LogP contribution in [0.3, 0.4) is 0 Å². The lowest BCUT2D eigenvalue weighted by Gasteiger charge is -2.19. The number of nitrogens with two attached hydrogens (primary N) is 1. The lowest BCUT2D eigenvalue weighted by Crippen LogP contribution is -2.23. The number of para-hydroxylation sites is 1. The number of esters is 1. The molecule has 0 fully saturated rings. The molecule has 0 atom stereocenters. The smallest absolute Gasteiger partial charge is 0.306 e. The van der Waals surface area contributed by atoms with Crippen molar-refractivity contribution in [3.05, 3.63) is 30.3 Å². The summed E-state index contributed by atoms with van der Waals surface area (Å²) in [5, 5.41) is 3.05. The molecular weight excluding hydrogens is 290 g/mol. The van der Waals surface area contributed by atoms with Crippen molar-refractivity contribution >= 4 is 17.6 Å². The number of hydrogen-bond donors (Lipinski definition) is 2. The van der Waals surface area contributed by atoms with Gasteiger partial charge in [0.25, 0.3) is 0 Å². The molecular formula is C18H29N3O2. The standard InChI is InChI=1S/C18H29N3O2/c1-18(2,3)23-16(22)13-9-4-5-10-14-20-17(19)21-15-11-7-6-8-12-15/h6-8,11-12H,4-5,9-10,13-14H2,1-3H3,(H3,19,20,21). The van der Waals surface area contributed by atoms with Gasteiger partial charge in [-0.25, -0.2) is 0 Å². The van der Waals surface area contributed by atoms with Gasteiger partial charge in [0.2, 0.25) is 0 Å². The maximum Gasteiger partial charge on any atom is 0.306 e. The first kappa shape index (κ1) is 19.0. The first-order chi connectivity index (χ1) is 10.9. The zero-order valence-corrected chi connectivity index (χ0v) is 14.5. The van der Waals surface area contributed by atoms with Gasteiger partial charge in [0.15, 0.2) is 5.96 Å². The topological polar surface area (TPSA) is 76.7 Å². The Morgan fingerprint density at radius 3 is 2.43 bits per heavy atom. The summed E-state index contributed by atoms with van der Waals surface area (Å²) in [4.78, 5) is 15.8. The summed E-state index contributed by atoms with van der Waals surface area (Å²) in [6, 6.07) is 9.73. The summed E-state index contributed by atoms with van der Waals surface area (Å²) in [5.74, 6) is 0.316. The maximum absolute atomic E-state index is 11.5. The first-order valence-electron chi connectivity index (χ1n) is 8.21. The van der Waals surface area contributed by atoms with Crippen LogP contribution in [0, 0.1) is 0 Å². The Labute approximate surface area is 139 Å². The first-order valence-corrected chi connectivity index (χ1v) is 8.21. The van der Waals surface area contributed by atoms with Gasteiger partial charge >= 0.3 is 5.97 Å². The molecule has 1 rings (SSSR count). The van der Waals surface area contributed by atoms with Crippen LogP contribution in [0.15, 0.2) is 35.3 Å². The van der Waals surface area contributed by atoms with Crippen LogP contribution in [-0.4, -0.2) is 24.1 Å². The fourth-order valence-corrected chi connectivity index (χ4v) is 2.04. The van der Waals surface area contributed by atoms with Gasteiger partial charge in [-0.05, 0) is 45.7 Å². The molecule has 5 heteroatoms. The predicted octanol–water partition coefficient (Wildman–Crippen LogP) is 3.71. The van der Waals surface area contributed by atoms with E-state index in [0.717, 1.165) is 31.4 Å². The van der Waals surface area contributed by atoms with E-state index in [2.05, 4.69) is 10.3 Å². The Kier molecular flexibility index (Phi) is 8.16. The van der Waals surface area contributed by atoms with E-state index in [4.69, 9.17) is 10.5 Å². The number of carbonyl (C=O) groups is 1. The number of nitrogens with zero attached hydrogens (tertiary/aromatic N) is 1. The van der Waals surface area contributed by atoms with Gasteiger partial charge in [-0.1, -0.05) is 31.0 Å². The molecule has 0 spiro atoms. The van der Waals surface area contributed by atoms with E-state index in [9.17, 15) is 4.79 Å². The molecule has 0 aliphatic rings. The number of nitrogens with one attached hydrogen (secondary N) is 1. The second kappa shape index (κ2) is 9.87. The van der Waals surface area contributed by atoms with Crippen molar-refractivity contribution in [2.75, 3.05) is 11.9 Å². The molecule has 3 N–H and O–H groups in total. The van der Waals surface area contributed by atoms with E-state index in [0.29, 0.717) is 18.9 Å². The lowest BCUT2D eigenvalue weighted by atomic mass is 10.1. The summed E-state index contributed by atoms with van der Waals surface area (Å²) in [7, 11) is 0. The quantitative estimate of drug-likeness (QED) is 0.331. The van der Waals surface area contributed by atoms with Gasteiger partial charge in [-0.15, -0.1) is 0 Å².